The van der Waals surface area contributed by atoms with Crippen LogP contribution in [0.15, 0.2) is 18.2 Å². The Labute approximate surface area is 135 Å². The minimum absolute atomic E-state index is 0.101. The zero-order chi connectivity index (χ0) is 17.4. The molecule has 1 aromatic rings. The molecule has 1 rings (SSSR count). The van der Waals surface area contributed by atoms with Crippen molar-refractivity contribution in [3.63, 3.8) is 0 Å². The van der Waals surface area contributed by atoms with Gasteiger partial charge in [0.1, 0.15) is 23.2 Å². The number of benzene rings is 1. The van der Waals surface area contributed by atoms with Crippen LogP contribution in [-0.2, 0) is 9.53 Å². The lowest BCUT2D eigenvalue weighted by Gasteiger charge is -2.19. The Hall–Kier alpha value is -1.98. The van der Waals surface area contributed by atoms with Gasteiger partial charge in [0.15, 0.2) is 0 Å². The molecule has 0 fully saturated rings. The first kappa shape index (κ1) is 19.1. The van der Waals surface area contributed by atoms with Crippen LogP contribution in [0.5, 0.6) is 0 Å². The van der Waals surface area contributed by atoms with E-state index >= 15 is 0 Å². The van der Waals surface area contributed by atoms with E-state index in [9.17, 15) is 18.4 Å². The zero-order valence-corrected chi connectivity index (χ0v) is 13.7. The van der Waals surface area contributed by atoms with Gasteiger partial charge in [-0.2, -0.15) is 0 Å². The van der Waals surface area contributed by atoms with Crippen molar-refractivity contribution >= 4 is 11.9 Å². The second-order valence-electron chi connectivity index (χ2n) is 5.77. The quantitative estimate of drug-likeness (QED) is 0.588. The highest BCUT2D eigenvalue weighted by Crippen LogP contribution is 2.14. The fraction of sp³-hybridized carbons (Fsp3) is 0.529. The maximum Gasteiger partial charge on any atom is 0.328 e. The van der Waals surface area contributed by atoms with Gasteiger partial charge in [-0.05, 0) is 30.9 Å². The molecule has 1 atom stereocenters. The summed E-state index contributed by atoms with van der Waals surface area (Å²) >= 11 is 0. The van der Waals surface area contributed by atoms with Gasteiger partial charge in [0, 0.05) is 0 Å². The largest absolute Gasteiger partial charge is 0.464 e. The van der Waals surface area contributed by atoms with Crippen molar-refractivity contribution in [2.45, 2.75) is 46.1 Å². The monoisotopic (exact) mass is 327 g/mol. The summed E-state index contributed by atoms with van der Waals surface area (Å²) in [6.07, 6.45) is 1.91. The molecule has 6 heteroatoms. The number of rotatable bonds is 8. The molecule has 1 aromatic carbocycles. The highest BCUT2D eigenvalue weighted by Gasteiger charge is 2.26. The van der Waals surface area contributed by atoms with Crippen molar-refractivity contribution in [2.75, 3.05) is 6.61 Å². The predicted octanol–water partition coefficient (Wildman–Crippen LogP) is 3.45. The third-order valence-electron chi connectivity index (χ3n) is 3.23. The molecule has 0 aliphatic carbocycles. The van der Waals surface area contributed by atoms with E-state index in [2.05, 4.69) is 5.32 Å². The summed E-state index contributed by atoms with van der Waals surface area (Å²) in [6.45, 7) is 5.97. The first-order valence-electron chi connectivity index (χ1n) is 7.78. The minimum Gasteiger partial charge on any atom is -0.464 e. The molecule has 1 N–H and O–H groups in total. The lowest BCUT2D eigenvalue weighted by molar-refractivity contribution is -0.146. The number of carbonyl (C=O) groups excluding carboxylic acids is 2. The second-order valence-corrected chi connectivity index (χ2v) is 5.77. The van der Waals surface area contributed by atoms with E-state index in [-0.39, 0.29) is 12.5 Å². The van der Waals surface area contributed by atoms with E-state index in [0.29, 0.717) is 6.42 Å². The number of nitrogens with one attached hydrogen (secondary N) is 1. The SMILES string of the molecule is CCCCOC(=O)C(CC(C)C)NC(=O)c1c(F)cccc1F. The van der Waals surface area contributed by atoms with E-state index in [0.717, 1.165) is 25.0 Å². The summed E-state index contributed by atoms with van der Waals surface area (Å²) < 4.78 is 32.4. The van der Waals surface area contributed by atoms with Crippen molar-refractivity contribution in [1.29, 1.82) is 0 Å². The predicted molar refractivity (Wildman–Crippen MR) is 82.9 cm³/mol. The average molecular weight is 327 g/mol. The molecule has 128 valence electrons. The number of ether oxygens (including phenoxy) is 1. The second kappa shape index (κ2) is 9.22. The Morgan fingerprint density at radius 2 is 1.83 bits per heavy atom. The number of esters is 1. The molecule has 23 heavy (non-hydrogen) atoms. The molecule has 0 bridgehead atoms. The smallest absolute Gasteiger partial charge is 0.328 e. The molecule has 1 amide bonds. The van der Waals surface area contributed by atoms with Gasteiger partial charge in [0.05, 0.1) is 6.61 Å². The molecule has 0 aliphatic heterocycles. The van der Waals surface area contributed by atoms with Crippen molar-refractivity contribution in [2.24, 2.45) is 5.92 Å². The molecule has 1 unspecified atom stereocenters. The van der Waals surface area contributed by atoms with Gasteiger partial charge in [-0.1, -0.05) is 33.3 Å². The number of hydrogen-bond donors (Lipinski definition) is 1. The van der Waals surface area contributed by atoms with Crippen molar-refractivity contribution < 1.29 is 23.1 Å². The third-order valence-corrected chi connectivity index (χ3v) is 3.23. The Kier molecular flexibility index (Phi) is 7.65. The summed E-state index contributed by atoms with van der Waals surface area (Å²) in [4.78, 5) is 24.2. The highest BCUT2D eigenvalue weighted by atomic mass is 19.1. The first-order chi connectivity index (χ1) is 10.9. The number of halogens is 2. The maximum absolute atomic E-state index is 13.6. The van der Waals surface area contributed by atoms with Crippen molar-refractivity contribution in [1.82, 2.24) is 5.32 Å². The molecular weight excluding hydrogens is 304 g/mol. The first-order valence-corrected chi connectivity index (χ1v) is 7.78. The summed E-state index contributed by atoms with van der Waals surface area (Å²) in [5, 5.41) is 2.38. The van der Waals surface area contributed by atoms with E-state index in [1.54, 1.807) is 0 Å². The van der Waals surface area contributed by atoms with Gasteiger partial charge in [0.25, 0.3) is 5.91 Å². The van der Waals surface area contributed by atoms with Crippen LogP contribution in [0.1, 0.15) is 50.4 Å². The van der Waals surface area contributed by atoms with Gasteiger partial charge in [-0.15, -0.1) is 0 Å². The van der Waals surface area contributed by atoms with Gasteiger partial charge < -0.3 is 10.1 Å². The van der Waals surface area contributed by atoms with Crippen LogP contribution in [-0.4, -0.2) is 24.5 Å². The highest BCUT2D eigenvalue weighted by molar-refractivity contribution is 5.97. The lowest BCUT2D eigenvalue weighted by Crippen LogP contribution is -2.43. The standard InChI is InChI=1S/C17H23F2NO3/c1-4-5-9-23-17(22)14(10-11(2)3)20-16(21)15-12(18)7-6-8-13(15)19/h6-8,11,14H,4-5,9-10H2,1-3H3,(H,20,21). The van der Waals surface area contributed by atoms with Crippen LogP contribution < -0.4 is 5.32 Å². The van der Waals surface area contributed by atoms with Crippen LogP contribution in [0, 0.1) is 17.6 Å². The Bertz CT molecular complexity index is 526. The Balaban J connectivity index is 2.84. The summed E-state index contributed by atoms with van der Waals surface area (Å²) in [6, 6.07) is 2.23. The van der Waals surface area contributed by atoms with Gasteiger partial charge in [-0.3, -0.25) is 4.79 Å². The molecule has 0 saturated heterocycles. The lowest BCUT2D eigenvalue weighted by atomic mass is 10.0. The van der Waals surface area contributed by atoms with Crippen LogP contribution >= 0.6 is 0 Å². The fourth-order valence-electron chi connectivity index (χ4n) is 2.05. The van der Waals surface area contributed by atoms with Gasteiger partial charge in [-0.25, -0.2) is 13.6 Å². The molecule has 0 radical (unpaired) electrons. The summed E-state index contributed by atoms with van der Waals surface area (Å²) in [5.74, 6) is -3.38. The van der Waals surface area contributed by atoms with Gasteiger partial charge >= 0.3 is 5.97 Å². The number of carbonyl (C=O) groups is 2. The molecule has 0 saturated carbocycles. The van der Waals surface area contributed by atoms with Crippen LogP contribution in [0.3, 0.4) is 0 Å². The normalized spacial score (nSPS) is 12.1. The minimum atomic E-state index is -0.967. The van der Waals surface area contributed by atoms with E-state index < -0.39 is 35.1 Å². The van der Waals surface area contributed by atoms with E-state index in [4.69, 9.17) is 4.74 Å². The number of hydrogen-bond acceptors (Lipinski definition) is 3. The molecule has 0 aliphatic rings. The van der Waals surface area contributed by atoms with Crippen molar-refractivity contribution in [3.05, 3.63) is 35.4 Å². The molecule has 0 heterocycles. The molecular formula is C17H23F2NO3. The summed E-state index contributed by atoms with van der Waals surface area (Å²) in [5.41, 5.74) is -0.692. The molecule has 0 spiro atoms. The average Bonchev–Trinajstić information content (AvgIpc) is 2.46. The maximum atomic E-state index is 13.6. The fourth-order valence-corrected chi connectivity index (χ4v) is 2.05. The van der Waals surface area contributed by atoms with Gasteiger partial charge in [0.2, 0.25) is 0 Å². The number of amides is 1. The van der Waals surface area contributed by atoms with Crippen LogP contribution in [0.4, 0.5) is 8.78 Å². The Morgan fingerprint density at radius 3 is 2.35 bits per heavy atom. The van der Waals surface area contributed by atoms with Crippen molar-refractivity contribution in [3.8, 4) is 0 Å². The van der Waals surface area contributed by atoms with E-state index in [1.807, 2.05) is 20.8 Å². The molecule has 0 aromatic heterocycles. The number of unbranched alkanes of at least 4 members (excludes halogenated alkanes) is 1. The third kappa shape index (κ3) is 5.96. The van der Waals surface area contributed by atoms with Crippen LogP contribution in [0.25, 0.3) is 0 Å². The topological polar surface area (TPSA) is 55.4 Å². The van der Waals surface area contributed by atoms with Crippen LogP contribution in [0.2, 0.25) is 0 Å². The summed E-state index contributed by atoms with van der Waals surface area (Å²) in [7, 11) is 0. The zero-order valence-electron chi connectivity index (χ0n) is 13.7. The Morgan fingerprint density at radius 1 is 1.22 bits per heavy atom. The van der Waals surface area contributed by atoms with E-state index in [1.165, 1.54) is 6.07 Å². The molecule has 4 nitrogen and oxygen atoms in total.